The van der Waals surface area contributed by atoms with Crippen molar-refractivity contribution in [1.29, 1.82) is 0 Å². The Morgan fingerprint density at radius 1 is 1.50 bits per heavy atom. The largest absolute Gasteiger partial charge is 0.315 e. The zero-order chi connectivity index (χ0) is 10.1. The molecule has 2 rings (SSSR count). The minimum Gasteiger partial charge on any atom is -0.315 e. The summed E-state index contributed by atoms with van der Waals surface area (Å²) in [6.07, 6.45) is 0. The Labute approximate surface area is 89.6 Å². The second kappa shape index (κ2) is 3.67. The Kier molecular flexibility index (Phi) is 2.52. The summed E-state index contributed by atoms with van der Waals surface area (Å²) in [5, 5.41) is 13.8. The van der Waals surface area contributed by atoms with Gasteiger partial charge in [0.15, 0.2) is 0 Å². The summed E-state index contributed by atoms with van der Waals surface area (Å²) in [6, 6.07) is 5.32. The predicted octanol–water partition coefficient (Wildman–Crippen LogP) is 2.04. The Hall–Kier alpha value is -0.940. The van der Waals surface area contributed by atoms with Gasteiger partial charge in [0.2, 0.25) is 0 Å². The molecular formula is C9H9BrN2O2. The van der Waals surface area contributed by atoms with E-state index in [0.717, 1.165) is 18.7 Å². The van der Waals surface area contributed by atoms with Crippen molar-refractivity contribution in [1.82, 2.24) is 5.32 Å². The molecule has 1 saturated heterocycles. The van der Waals surface area contributed by atoms with Gasteiger partial charge in [-0.3, -0.25) is 10.1 Å². The molecule has 4 nitrogen and oxygen atoms in total. The van der Waals surface area contributed by atoms with Crippen LogP contribution < -0.4 is 5.32 Å². The minimum atomic E-state index is -0.361. The molecule has 1 aromatic rings. The van der Waals surface area contributed by atoms with Gasteiger partial charge in [0, 0.05) is 25.1 Å². The molecule has 1 aliphatic heterocycles. The molecule has 0 saturated carbocycles. The predicted molar refractivity (Wildman–Crippen MR) is 56.4 cm³/mol. The van der Waals surface area contributed by atoms with Crippen molar-refractivity contribution in [3.05, 3.63) is 38.3 Å². The molecule has 0 atom stereocenters. The molecule has 0 bridgehead atoms. The molecule has 1 aliphatic rings. The van der Waals surface area contributed by atoms with Gasteiger partial charge in [-0.05, 0) is 27.6 Å². The van der Waals surface area contributed by atoms with E-state index in [4.69, 9.17) is 0 Å². The summed E-state index contributed by atoms with van der Waals surface area (Å²) in [5.74, 6) is 0.432. The molecule has 1 N–H and O–H groups in total. The molecule has 0 unspecified atom stereocenters. The number of nitrogens with zero attached hydrogens (tertiary/aromatic N) is 1. The maximum absolute atomic E-state index is 10.7. The van der Waals surface area contributed by atoms with Crippen LogP contribution in [0.2, 0.25) is 0 Å². The molecule has 0 amide bonds. The summed E-state index contributed by atoms with van der Waals surface area (Å²) in [7, 11) is 0. The van der Waals surface area contributed by atoms with Gasteiger partial charge in [-0.25, -0.2) is 0 Å². The van der Waals surface area contributed by atoms with Crippen LogP contribution in [0.3, 0.4) is 0 Å². The highest BCUT2D eigenvalue weighted by molar-refractivity contribution is 9.10. The highest BCUT2D eigenvalue weighted by atomic mass is 79.9. The van der Waals surface area contributed by atoms with Gasteiger partial charge >= 0.3 is 0 Å². The van der Waals surface area contributed by atoms with Crippen LogP contribution in [0.15, 0.2) is 22.7 Å². The summed E-state index contributed by atoms with van der Waals surface area (Å²) >= 11 is 3.16. The number of nitrogens with one attached hydrogen (secondary N) is 1. The van der Waals surface area contributed by atoms with E-state index >= 15 is 0 Å². The summed E-state index contributed by atoms with van der Waals surface area (Å²) in [4.78, 5) is 10.3. The Balaban J connectivity index is 2.34. The average Bonchev–Trinajstić information content (AvgIpc) is 2.04. The fraction of sp³-hybridized carbons (Fsp3) is 0.333. The fourth-order valence-corrected chi connectivity index (χ4v) is 1.84. The van der Waals surface area contributed by atoms with Gasteiger partial charge < -0.3 is 5.32 Å². The second-order valence-corrected chi connectivity index (χ2v) is 4.18. The zero-order valence-electron chi connectivity index (χ0n) is 7.37. The van der Waals surface area contributed by atoms with Crippen molar-refractivity contribution in [3.8, 4) is 0 Å². The van der Waals surface area contributed by atoms with Crippen molar-refractivity contribution in [3.63, 3.8) is 0 Å². The number of nitro groups is 1. The van der Waals surface area contributed by atoms with Crippen molar-refractivity contribution in [2.24, 2.45) is 0 Å². The van der Waals surface area contributed by atoms with Crippen LogP contribution in [-0.2, 0) is 0 Å². The third-order valence-corrected chi connectivity index (χ3v) is 3.09. The minimum absolute atomic E-state index is 0.148. The maximum Gasteiger partial charge on any atom is 0.283 e. The van der Waals surface area contributed by atoms with Crippen molar-refractivity contribution >= 4 is 21.6 Å². The van der Waals surface area contributed by atoms with Crippen molar-refractivity contribution in [2.75, 3.05) is 13.1 Å². The monoisotopic (exact) mass is 256 g/mol. The van der Waals surface area contributed by atoms with Gasteiger partial charge in [0.25, 0.3) is 5.69 Å². The SMILES string of the molecule is O=[N+]([O-])c1cc(C2CNC2)ccc1Br. The lowest BCUT2D eigenvalue weighted by atomic mass is 9.93. The van der Waals surface area contributed by atoms with E-state index in [1.165, 1.54) is 0 Å². The molecule has 74 valence electrons. The summed E-state index contributed by atoms with van der Waals surface area (Å²) in [5.41, 5.74) is 1.19. The third kappa shape index (κ3) is 1.65. The van der Waals surface area contributed by atoms with E-state index < -0.39 is 0 Å². The first-order valence-electron chi connectivity index (χ1n) is 4.33. The Morgan fingerprint density at radius 3 is 2.71 bits per heavy atom. The summed E-state index contributed by atoms with van der Waals surface area (Å²) < 4.78 is 0.540. The van der Waals surface area contributed by atoms with Crippen LogP contribution in [0.5, 0.6) is 0 Å². The van der Waals surface area contributed by atoms with E-state index in [1.54, 1.807) is 12.1 Å². The molecular weight excluding hydrogens is 248 g/mol. The fourth-order valence-electron chi connectivity index (χ4n) is 1.45. The van der Waals surface area contributed by atoms with E-state index in [0.29, 0.717) is 10.4 Å². The Morgan fingerprint density at radius 2 is 2.21 bits per heavy atom. The zero-order valence-corrected chi connectivity index (χ0v) is 8.95. The molecule has 1 heterocycles. The normalized spacial score (nSPS) is 16.4. The number of nitro benzene ring substituents is 1. The standard InChI is InChI=1S/C9H9BrN2O2/c10-8-2-1-6(7-4-11-5-7)3-9(8)12(13)14/h1-3,7,11H,4-5H2. The first-order chi connectivity index (χ1) is 6.68. The first-order valence-corrected chi connectivity index (χ1v) is 5.12. The van der Waals surface area contributed by atoms with Crippen LogP contribution >= 0.6 is 15.9 Å². The second-order valence-electron chi connectivity index (χ2n) is 3.32. The highest BCUT2D eigenvalue weighted by Crippen LogP contribution is 2.29. The van der Waals surface area contributed by atoms with Crippen molar-refractivity contribution < 1.29 is 4.92 Å². The first kappa shape index (κ1) is 9.61. The number of hydrogen-bond acceptors (Lipinski definition) is 3. The van der Waals surface area contributed by atoms with Gasteiger partial charge in [0.05, 0.1) is 9.40 Å². The average molecular weight is 257 g/mol. The molecule has 1 fully saturated rings. The molecule has 14 heavy (non-hydrogen) atoms. The lowest BCUT2D eigenvalue weighted by molar-refractivity contribution is -0.385. The molecule has 0 aliphatic carbocycles. The van der Waals surface area contributed by atoms with Crippen LogP contribution in [0.4, 0.5) is 5.69 Å². The highest BCUT2D eigenvalue weighted by Gasteiger charge is 2.22. The Bertz CT molecular complexity index is 377. The van der Waals surface area contributed by atoms with Crippen LogP contribution in [-0.4, -0.2) is 18.0 Å². The van der Waals surface area contributed by atoms with Crippen LogP contribution in [0.1, 0.15) is 11.5 Å². The quantitative estimate of drug-likeness (QED) is 0.651. The van der Waals surface area contributed by atoms with E-state index in [-0.39, 0.29) is 10.6 Å². The van der Waals surface area contributed by atoms with Gasteiger partial charge in [-0.15, -0.1) is 0 Å². The lowest BCUT2D eigenvalue weighted by Gasteiger charge is -2.27. The molecule has 0 aromatic heterocycles. The van der Waals surface area contributed by atoms with Gasteiger partial charge in [-0.1, -0.05) is 6.07 Å². The molecule has 5 heteroatoms. The maximum atomic E-state index is 10.7. The topological polar surface area (TPSA) is 55.2 Å². The van der Waals surface area contributed by atoms with E-state index in [2.05, 4.69) is 21.2 Å². The van der Waals surface area contributed by atoms with E-state index in [1.807, 2.05) is 6.07 Å². The molecule has 1 aromatic carbocycles. The lowest BCUT2D eigenvalue weighted by Crippen LogP contribution is -2.39. The van der Waals surface area contributed by atoms with Crippen LogP contribution in [0.25, 0.3) is 0 Å². The molecule has 0 radical (unpaired) electrons. The van der Waals surface area contributed by atoms with Crippen molar-refractivity contribution in [2.45, 2.75) is 5.92 Å². The number of halogens is 1. The third-order valence-electron chi connectivity index (χ3n) is 2.42. The van der Waals surface area contributed by atoms with Gasteiger partial charge in [-0.2, -0.15) is 0 Å². The van der Waals surface area contributed by atoms with E-state index in [9.17, 15) is 10.1 Å². The number of hydrogen-bond donors (Lipinski definition) is 1. The number of benzene rings is 1. The smallest absolute Gasteiger partial charge is 0.283 e. The number of rotatable bonds is 2. The van der Waals surface area contributed by atoms with Gasteiger partial charge in [0.1, 0.15) is 0 Å². The van der Waals surface area contributed by atoms with Crippen LogP contribution in [0, 0.1) is 10.1 Å². The molecule has 0 spiro atoms. The summed E-state index contributed by atoms with van der Waals surface area (Å²) in [6.45, 7) is 1.83.